The average molecular weight is 337 g/mol. The quantitative estimate of drug-likeness (QED) is 0.297. The molecule has 0 aliphatic heterocycles. The van der Waals surface area contributed by atoms with Crippen LogP contribution in [0.1, 0.15) is 97.3 Å². The topological polar surface area (TPSA) is 63.6 Å². The first-order chi connectivity index (χ1) is 10.5. The summed E-state index contributed by atoms with van der Waals surface area (Å²) in [5.74, 6) is 0.796. The fraction of sp³-hybridized carbons (Fsp3) is 1.00. The minimum absolute atomic E-state index is 0.0897. The Morgan fingerprint density at radius 1 is 0.818 bits per heavy atom. The van der Waals surface area contributed by atoms with Crippen LogP contribution in [0.3, 0.4) is 0 Å². The minimum Gasteiger partial charge on any atom is -0.264 e. The maximum Gasteiger partial charge on any atom is 0.397 e. The van der Waals surface area contributed by atoms with Crippen LogP contribution in [0.2, 0.25) is 0 Å². The van der Waals surface area contributed by atoms with Gasteiger partial charge in [0.25, 0.3) is 0 Å². The summed E-state index contributed by atoms with van der Waals surface area (Å²) in [6.07, 6.45) is 16.2. The van der Waals surface area contributed by atoms with Gasteiger partial charge in [0.2, 0.25) is 0 Å². The maximum atomic E-state index is 10.3. The number of hydrogen-bond acceptors (Lipinski definition) is 3. The van der Waals surface area contributed by atoms with Crippen molar-refractivity contribution in [1.29, 1.82) is 0 Å². The first-order valence-corrected chi connectivity index (χ1v) is 10.4. The molecule has 1 atom stereocenters. The molecule has 0 aromatic heterocycles. The van der Waals surface area contributed by atoms with E-state index in [0.717, 1.165) is 18.8 Å². The van der Waals surface area contributed by atoms with Gasteiger partial charge >= 0.3 is 10.4 Å². The molecule has 0 amide bonds. The Kier molecular flexibility index (Phi) is 14.4. The van der Waals surface area contributed by atoms with Crippen LogP contribution in [0.5, 0.6) is 0 Å². The number of hydrogen-bond donors (Lipinski definition) is 1. The molecule has 0 fully saturated rings. The van der Waals surface area contributed by atoms with E-state index in [0.29, 0.717) is 6.42 Å². The lowest BCUT2D eigenvalue weighted by molar-refractivity contribution is 0.261. The van der Waals surface area contributed by atoms with Crippen molar-refractivity contribution in [3.05, 3.63) is 0 Å². The van der Waals surface area contributed by atoms with Crippen molar-refractivity contribution in [3.8, 4) is 0 Å². The predicted octanol–water partition coefficient (Wildman–Crippen LogP) is 5.53. The van der Waals surface area contributed by atoms with Gasteiger partial charge in [-0.2, -0.15) is 8.42 Å². The molecule has 0 bridgehead atoms. The summed E-state index contributed by atoms with van der Waals surface area (Å²) in [4.78, 5) is 0. The molecule has 0 saturated heterocycles. The average Bonchev–Trinajstić information content (AvgIpc) is 2.44. The smallest absolute Gasteiger partial charge is 0.264 e. The van der Waals surface area contributed by atoms with Crippen LogP contribution in [-0.2, 0) is 14.6 Å². The second-order valence-corrected chi connectivity index (χ2v) is 7.56. The molecular weight excluding hydrogens is 300 g/mol. The SMILES string of the molecule is CCCCCCCCCC(C)CCCCCCOS(=O)(=O)O. The minimum atomic E-state index is -4.25. The number of rotatable bonds is 16. The molecule has 0 aromatic carbocycles. The van der Waals surface area contributed by atoms with Crippen molar-refractivity contribution in [1.82, 2.24) is 0 Å². The van der Waals surface area contributed by atoms with Crippen LogP contribution in [0.4, 0.5) is 0 Å². The summed E-state index contributed by atoms with van der Waals surface area (Å²) in [7, 11) is -4.25. The molecule has 4 nitrogen and oxygen atoms in total. The highest BCUT2D eigenvalue weighted by atomic mass is 32.3. The lowest BCUT2D eigenvalue weighted by Crippen LogP contribution is -2.04. The zero-order chi connectivity index (χ0) is 16.7. The summed E-state index contributed by atoms with van der Waals surface area (Å²) >= 11 is 0. The largest absolute Gasteiger partial charge is 0.397 e. The molecule has 0 spiro atoms. The van der Waals surface area contributed by atoms with Gasteiger partial charge in [-0.1, -0.05) is 90.9 Å². The first-order valence-electron chi connectivity index (χ1n) is 9.07. The van der Waals surface area contributed by atoms with Gasteiger partial charge < -0.3 is 0 Å². The third kappa shape index (κ3) is 17.9. The van der Waals surface area contributed by atoms with E-state index in [2.05, 4.69) is 18.0 Å². The van der Waals surface area contributed by atoms with E-state index in [1.54, 1.807) is 0 Å². The molecule has 0 rings (SSSR count). The zero-order valence-electron chi connectivity index (χ0n) is 14.6. The van der Waals surface area contributed by atoms with Gasteiger partial charge in [0.05, 0.1) is 6.61 Å². The molecule has 22 heavy (non-hydrogen) atoms. The molecule has 0 aliphatic rings. The van der Waals surface area contributed by atoms with E-state index >= 15 is 0 Å². The lowest BCUT2D eigenvalue weighted by Gasteiger charge is -2.11. The fourth-order valence-corrected chi connectivity index (χ4v) is 3.04. The van der Waals surface area contributed by atoms with Gasteiger partial charge in [-0.25, -0.2) is 4.18 Å². The highest BCUT2D eigenvalue weighted by molar-refractivity contribution is 7.80. The second-order valence-electron chi connectivity index (χ2n) is 6.47. The van der Waals surface area contributed by atoms with Crippen molar-refractivity contribution in [2.24, 2.45) is 5.92 Å². The molecule has 0 aromatic rings. The van der Waals surface area contributed by atoms with E-state index < -0.39 is 10.4 Å². The van der Waals surface area contributed by atoms with Gasteiger partial charge in [0.15, 0.2) is 0 Å². The van der Waals surface area contributed by atoms with E-state index in [4.69, 9.17) is 4.55 Å². The molecule has 1 unspecified atom stereocenters. The highest BCUT2D eigenvalue weighted by Gasteiger charge is 2.04. The Balaban J connectivity index is 3.24. The summed E-state index contributed by atoms with van der Waals surface area (Å²) < 4.78 is 33.4. The summed E-state index contributed by atoms with van der Waals surface area (Å²) in [6.45, 7) is 4.67. The summed E-state index contributed by atoms with van der Waals surface area (Å²) in [6, 6.07) is 0. The van der Waals surface area contributed by atoms with Gasteiger partial charge in [0, 0.05) is 0 Å². The van der Waals surface area contributed by atoms with Crippen molar-refractivity contribution in [2.75, 3.05) is 6.61 Å². The van der Waals surface area contributed by atoms with E-state index in [1.165, 1.54) is 64.2 Å². The predicted molar refractivity (Wildman–Crippen MR) is 92.4 cm³/mol. The van der Waals surface area contributed by atoms with Gasteiger partial charge in [-0.05, 0) is 12.3 Å². The maximum absolute atomic E-state index is 10.3. The van der Waals surface area contributed by atoms with Crippen LogP contribution in [-0.4, -0.2) is 19.6 Å². The van der Waals surface area contributed by atoms with Crippen LogP contribution in [0.25, 0.3) is 0 Å². The molecule has 0 radical (unpaired) electrons. The monoisotopic (exact) mass is 336 g/mol. The standard InChI is InChI=1S/C17H36O4S/c1-3-4-5-6-7-8-11-14-17(2)15-12-9-10-13-16-21-22(18,19)20/h17H,3-16H2,1-2H3,(H,18,19,20). The van der Waals surface area contributed by atoms with Crippen molar-refractivity contribution >= 4 is 10.4 Å². The zero-order valence-corrected chi connectivity index (χ0v) is 15.4. The molecule has 0 heterocycles. The van der Waals surface area contributed by atoms with Crippen LogP contribution < -0.4 is 0 Å². The molecule has 5 heteroatoms. The van der Waals surface area contributed by atoms with Gasteiger partial charge in [-0.15, -0.1) is 0 Å². The van der Waals surface area contributed by atoms with Crippen LogP contribution in [0.15, 0.2) is 0 Å². The number of unbranched alkanes of at least 4 members (excludes halogenated alkanes) is 9. The van der Waals surface area contributed by atoms with E-state index in [1.807, 2.05) is 0 Å². The third-order valence-corrected chi connectivity index (χ3v) is 4.59. The molecular formula is C17H36O4S. The molecule has 0 aliphatic carbocycles. The second kappa shape index (κ2) is 14.5. The molecule has 1 N–H and O–H groups in total. The fourth-order valence-electron chi connectivity index (χ4n) is 2.71. The Morgan fingerprint density at radius 2 is 1.27 bits per heavy atom. The Hall–Kier alpha value is -0.130. The van der Waals surface area contributed by atoms with Crippen molar-refractivity contribution < 1.29 is 17.2 Å². The third-order valence-electron chi connectivity index (χ3n) is 4.12. The van der Waals surface area contributed by atoms with E-state index in [-0.39, 0.29) is 6.61 Å². The first kappa shape index (κ1) is 21.9. The summed E-state index contributed by atoms with van der Waals surface area (Å²) in [5, 5.41) is 0. The normalized spacial score (nSPS) is 13.4. The Morgan fingerprint density at radius 3 is 1.77 bits per heavy atom. The van der Waals surface area contributed by atoms with Crippen molar-refractivity contribution in [3.63, 3.8) is 0 Å². The molecule has 0 saturated carbocycles. The van der Waals surface area contributed by atoms with Crippen molar-refractivity contribution in [2.45, 2.75) is 97.3 Å². The highest BCUT2D eigenvalue weighted by Crippen LogP contribution is 2.18. The van der Waals surface area contributed by atoms with Crippen LogP contribution in [0, 0.1) is 5.92 Å². The molecule has 134 valence electrons. The lowest BCUT2D eigenvalue weighted by atomic mass is 9.96. The summed E-state index contributed by atoms with van der Waals surface area (Å²) in [5.41, 5.74) is 0. The van der Waals surface area contributed by atoms with Gasteiger partial charge in [-0.3, -0.25) is 4.55 Å². The van der Waals surface area contributed by atoms with E-state index in [9.17, 15) is 8.42 Å². The van der Waals surface area contributed by atoms with Crippen LogP contribution >= 0.6 is 0 Å². The Bertz CT molecular complexity index is 328. The van der Waals surface area contributed by atoms with Gasteiger partial charge in [0.1, 0.15) is 0 Å². The Labute approximate surface area is 138 Å².